The van der Waals surface area contributed by atoms with E-state index in [0.29, 0.717) is 26.1 Å². The first kappa shape index (κ1) is 15.2. The molecule has 1 aliphatic rings. The number of carbonyl (C=O) groups is 2. The number of carboxylic acid groups (broad SMARTS) is 1. The smallest absolute Gasteiger partial charge is 0.337 e. The molecule has 6 nitrogen and oxygen atoms in total. The van der Waals surface area contributed by atoms with E-state index in [1.807, 2.05) is 6.92 Å². The zero-order valence-electron chi connectivity index (χ0n) is 11.6. The van der Waals surface area contributed by atoms with Crippen LogP contribution in [-0.4, -0.2) is 35.9 Å². The van der Waals surface area contributed by atoms with Crippen LogP contribution in [0.1, 0.15) is 30.1 Å². The van der Waals surface area contributed by atoms with E-state index in [0.717, 1.165) is 12.1 Å². The minimum Gasteiger partial charge on any atom is -0.478 e. The summed E-state index contributed by atoms with van der Waals surface area (Å²) >= 11 is 0. The van der Waals surface area contributed by atoms with Crippen molar-refractivity contribution < 1.29 is 23.8 Å². The number of aromatic carboxylic acids is 1. The highest BCUT2D eigenvalue weighted by Gasteiger charge is 2.29. The Morgan fingerprint density at radius 3 is 2.62 bits per heavy atom. The summed E-state index contributed by atoms with van der Waals surface area (Å²) in [4.78, 5) is 23.0. The van der Waals surface area contributed by atoms with Gasteiger partial charge in [0.1, 0.15) is 5.82 Å². The fourth-order valence-electron chi connectivity index (χ4n) is 2.18. The van der Waals surface area contributed by atoms with E-state index < -0.39 is 23.4 Å². The van der Waals surface area contributed by atoms with Gasteiger partial charge in [-0.3, -0.25) is 0 Å². The molecular weight excluding hydrogens is 279 g/mol. The van der Waals surface area contributed by atoms with Crippen LogP contribution in [0.3, 0.4) is 0 Å². The van der Waals surface area contributed by atoms with Crippen molar-refractivity contribution >= 4 is 17.7 Å². The summed E-state index contributed by atoms with van der Waals surface area (Å²) in [5.41, 5.74) is -0.634. The van der Waals surface area contributed by atoms with Crippen LogP contribution in [0.15, 0.2) is 18.2 Å². The first-order chi connectivity index (χ1) is 9.89. The number of carbonyl (C=O) groups excluding carboxylic acids is 1. The maximum atomic E-state index is 13.1. The van der Waals surface area contributed by atoms with E-state index in [1.54, 1.807) is 0 Å². The van der Waals surface area contributed by atoms with Crippen LogP contribution in [0.2, 0.25) is 0 Å². The molecule has 1 aliphatic heterocycles. The molecule has 0 spiro atoms. The van der Waals surface area contributed by atoms with Gasteiger partial charge in [0.15, 0.2) is 0 Å². The SMILES string of the molecule is CC1(NC(=O)Nc2ccc(F)cc2C(=O)O)CCOCC1. The van der Waals surface area contributed by atoms with Gasteiger partial charge in [0.2, 0.25) is 0 Å². The average molecular weight is 296 g/mol. The largest absolute Gasteiger partial charge is 0.478 e. The molecule has 0 unspecified atom stereocenters. The Morgan fingerprint density at radius 2 is 2.00 bits per heavy atom. The number of rotatable bonds is 3. The summed E-state index contributed by atoms with van der Waals surface area (Å²) in [7, 11) is 0. The van der Waals surface area contributed by atoms with Crippen LogP contribution in [0.4, 0.5) is 14.9 Å². The highest BCUT2D eigenvalue weighted by molar-refractivity contribution is 6.00. The molecule has 1 fully saturated rings. The molecule has 0 aliphatic carbocycles. The first-order valence-corrected chi connectivity index (χ1v) is 6.59. The van der Waals surface area contributed by atoms with Gasteiger partial charge in [-0.2, -0.15) is 0 Å². The molecule has 1 saturated heterocycles. The molecule has 1 heterocycles. The van der Waals surface area contributed by atoms with Crippen LogP contribution < -0.4 is 10.6 Å². The topological polar surface area (TPSA) is 87.7 Å². The van der Waals surface area contributed by atoms with Gasteiger partial charge in [-0.25, -0.2) is 14.0 Å². The van der Waals surface area contributed by atoms with Crippen molar-refractivity contribution in [3.05, 3.63) is 29.6 Å². The molecule has 1 aromatic carbocycles. The van der Waals surface area contributed by atoms with Crippen molar-refractivity contribution in [1.29, 1.82) is 0 Å². The lowest BCUT2D eigenvalue weighted by molar-refractivity contribution is 0.0499. The van der Waals surface area contributed by atoms with Gasteiger partial charge in [-0.05, 0) is 38.0 Å². The van der Waals surface area contributed by atoms with Gasteiger partial charge in [-0.15, -0.1) is 0 Å². The molecule has 0 atom stereocenters. The highest BCUT2D eigenvalue weighted by Crippen LogP contribution is 2.21. The molecule has 114 valence electrons. The fraction of sp³-hybridized carbons (Fsp3) is 0.429. The third-order valence-corrected chi connectivity index (χ3v) is 3.47. The summed E-state index contributed by atoms with van der Waals surface area (Å²) in [5.74, 6) is -1.98. The van der Waals surface area contributed by atoms with Crippen molar-refractivity contribution in [2.24, 2.45) is 0 Å². The second-order valence-electron chi connectivity index (χ2n) is 5.25. The average Bonchev–Trinajstić information content (AvgIpc) is 2.40. The Bertz CT molecular complexity index is 556. The molecule has 0 saturated carbocycles. The van der Waals surface area contributed by atoms with E-state index in [2.05, 4.69) is 10.6 Å². The number of halogens is 1. The predicted octanol–water partition coefficient (Wildman–Crippen LogP) is 2.21. The lowest BCUT2D eigenvalue weighted by atomic mass is 9.93. The molecule has 3 N–H and O–H groups in total. The summed E-state index contributed by atoms with van der Waals surface area (Å²) in [6, 6.07) is 2.67. The lowest BCUT2D eigenvalue weighted by Crippen LogP contribution is -2.51. The molecule has 1 aromatic rings. The van der Waals surface area contributed by atoms with Gasteiger partial charge in [0, 0.05) is 18.8 Å². The molecule has 0 radical (unpaired) electrons. The van der Waals surface area contributed by atoms with Crippen LogP contribution in [0.25, 0.3) is 0 Å². The molecule has 7 heteroatoms. The van der Waals surface area contributed by atoms with Crippen LogP contribution >= 0.6 is 0 Å². The third kappa shape index (κ3) is 3.91. The number of hydrogen-bond acceptors (Lipinski definition) is 3. The van der Waals surface area contributed by atoms with Gasteiger partial charge >= 0.3 is 12.0 Å². The number of nitrogens with one attached hydrogen (secondary N) is 2. The molecule has 2 amide bonds. The number of hydrogen-bond donors (Lipinski definition) is 3. The molecule has 0 aromatic heterocycles. The van der Waals surface area contributed by atoms with Crippen LogP contribution in [0, 0.1) is 5.82 Å². The van der Waals surface area contributed by atoms with Crippen molar-refractivity contribution in [3.63, 3.8) is 0 Å². The van der Waals surface area contributed by atoms with E-state index >= 15 is 0 Å². The minimum absolute atomic E-state index is 0.0528. The van der Waals surface area contributed by atoms with Gasteiger partial charge in [-0.1, -0.05) is 0 Å². The maximum absolute atomic E-state index is 13.1. The second-order valence-corrected chi connectivity index (χ2v) is 5.25. The Labute approximate surface area is 121 Å². The number of amides is 2. The quantitative estimate of drug-likeness (QED) is 0.798. The monoisotopic (exact) mass is 296 g/mol. The highest BCUT2D eigenvalue weighted by atomic mass is 19.1. The third-order valence-electron chi connectivity index (χ3n) is 3.47. The predicted molar refractivity (Wildman–Crippen MR) is 74.0 cm³/mol. The first-order valence-electron chi connectivity index (χ1n) is 6.59. The molecular formula is C14H17FN2O4. The van der Waals surface area contributed by atoms with Crippen molar-refractivity contribution in [3.8, 4) is 0 Å². The zero-order valence-corrected chi connectivity index (χ0v) is 11.6. The number of ether oxygens (including phenoxy) is 1. The van der Waals surface area contributed by atoms with Gasteiger partial charge in [0.25, 0.3) is 0 Å². The number of anilines is 1. The van der Waals surface area contributed by atoms with Crippen LogP contribution in [-0.2, 0) is 4.74 Å². The Hall–Kier alpha value is -2.15. The normalized spacial score (nSPS) is 17.0. The minimum atomic E-state index is -1.30. The van der Waals surface area contributed by atoms with E-state index in [9.17, 15) is 14.0 Å². The Balaban J connectivity index is 2.07. The summed E-state index contributed by atoms with van der Waals surface area (Å²) in [6.07, 6.45) is 1.35. The zero-order chi connectivity index (χ0) is 15.5. The van der Waals surface area contributed by atoms with Gasteiger partial charge in [0.05, 0.1) is 11.3 Å². The van der Waals surface area contributed by atoms with E-state index in [4.69, 9.17) is 9.84 Å². The van der Waals surface area contributed by atoms with E-state index in [1.165, 1.54) is 6.07 Å². The van der Waals surface area contributed by atoms with E-state index in [-0.39, 0.29) is 11.3 Å². The van der Waals surface area contributed by atoms with Crippen molar-refractivity contribution in [1.82, 2.24) is 5.32 Å². The molecule has 21 heavy (non-hydrogen) atoms. The van der Waals surface area contributed by atoms with Crippen molar-refractivity contribution in [2.75, 3.05) is 18.5 Å². The Morgan fingerprint density at radius 1 is 1.33 bits per heavy atom. The molecule has 2 rings (SSSR count). The fourth-order valence-corrected chi connectivity index (χ4v) is 2.18. The maximum Gasteiger partial charge on any atom is 0.337 e. The summed E-state index contributed by atoms with van der Waals surface area (Å²) < 4.78 is 18.3. The number of carboxylic acids is 1. The second kappa shape index (κ2) is 6.09. The standard InChI is InChI=1S/C14H17FN2O4/c1-14(4-6-21-7-5-14)17-13(20)16-11-3-2-9(15)8-10(11)12(18)19/h2-3,8H,4-7H2,1H3,(H,18,19)(H2,16,17,20). The number of urea groups is 1. The van der Waals surface area contributed by atoms with Gasteiger partial charge < -0.3 is 20.5 Å². The summed E-state index contributed by atoms with van der Waals surface area (Å²) in [6.45, 7) is 3.03. The van der Waals surface area contributed by atoms with Crippen molar-refractivity contribution in [2.45, 2.75) is 25.3 Å². The lowest BCUT2D eigenvalue weighted by Gasteiger charge is -2.34. The number of benzene rings is 1. The summed E-state index contributed by atoms with van der Waals surface area (Å²) in [5, 5.41) is 14.3. The Kier molecular flexibility index (Phi) is 4.42. The molecule has 0 bridgehead atoms. The van der Waals surface area contributed by atoms with Crippen LogP contribution in [0.5, 0.6) is 0 Å².